The van der Waals surface area contributed by atoms with Crippen LogP contribution in [0.15, 0.2) is 4.52 Å². The van der Waals surface area contributed by atoms with E-state index in [4.69, 9.17) is 15.0 Å². The Morgan fingerprint density at radius 3 is 3.08 bits per heavy atom. The van der Waals surface area contributed by atoms with Gasteiger partial charge in [-0.2, -0.15) is 4.98 Å². The molecule has 72 valence electrons. The van der Waals surface area contributed by atoms with E-state index in [1.165, 1.54) is 0 Å². The number of rotatable bonds is 3. The van der Waals surface area contributed by atoms with E-state index in [0.717, 1.165) is 25.9 Å². The summed E-state index contributed by atoms with van der Waals surface area (Å²) in [5.74, 6) is 1.19. The molecule has 2 heterocycles. The maximum Gasteiger partial charge on any atom is 0.240 e. The molecule has 1 aliphatic heterocycles. The highest BCUT2D eigenvalue weighted by Crippen LogP contribution is 2.15. The minimum absolute atomic E-state index is 0.267. The van der Waals surface area contributed by atoms with Crippen LogP contribution < -0.4 is 5.73 Å². The minimum atomic E-state index is 0.267. The fraction of sp³-hybridized carbons (Fsp3) is 0.750. The zero-order valence-corrected chi connectivity index (χ0v) is 7.40. The van der Waals surface area contributed by atoms with Crippen LogP contribution in [0.3, 0.4) is 0 Å². The van der Waals surface area contributed by atoms with Crippen molar-refractivity contribution in [2.24, 2.45) is 5.73 Å². The van der Waals surface area contributed by atoms with Crippen LogP contribution in [0.2, 0.25) is 0 Å². The third-order valence-corrected chi connectivity index (χ3v) is 2.12. The molecule has 2 N–H and O–H groups in total. The Hall–Kier alpha value is -0.940. The van der Waals surface area contributed by atoms with Crippen LogP contribution in [0, 0.1) is 0 Å². The first-order chi connectivity index (χ1) is 6.38. The number of nitrogens with zero attached hydrogens (tertiary/aromatic N) is 2. The Kier molecular flexibility index (Phi) is 2.56. The molecule has 1 atom stereocenters. The summed E-state index contributed by atoms with van der Waals surface area (Å²) in [4.78, 5) is 4.11. The van der Waals surface area contributed by atoms with Crippen molar-refractivity contribution < 1.29 is 9.26 Å². The van der Waals surface area contributed by atoms with Crippen molar-refractivity contribution in [3.8, 4) is 0 Å². The van der Waals surface area contributed by atoms with Gasteiger partial charge in [0.25, 0.3) is 0 Å². The molecule has 0 radical (unpaired) electrons. The zero-order valence-electron chi connectivity index (χ0n) is 7.40. The highest BCUT2D eigenvalue weighted by atomic mass is 16.5. The molecule has 0 bridgehead atoms. The normalized spacial score (nSPS) is 22.4. The lowest BCUT2D eigenvalue weighted by Crippen LogP contribution is -2.10. The smallest absolute Gasteiger partial charge is 0.240 e. The summed E-state index contributed by atoms with van der Waals surface area (Å²) in [5, 5.41) is 3.80. The molecule has 1 aliphatic rings. The number of hydrogen-bond acceptors (Lipinski definition) is 5. The van der Waals surface area contributed by atoms with Crippen molar-refractivity contribution in [3.63, 3.8) is 0 Å². The molecule has 5 heteroatoms. The molecule has 0 saturated carbocycles. The van der Waals surface area contributed by atoms with Crippen molar-refractivity contribution in [3.05, 3.63) is 11.7 Å². The standard InChI is InChI=1S/C8H13N3O2/c9-5-8-10-7(11-13-8)4-6-2-1-3-12-6/h6H,1-5,9H2. The number of nitrogens with two attached hydrogens (primary N) is 1. The van der Waals surface area contributed by atoms with Gasteiger partial charge in [0.15, 0.2) is 5.82 Å². The largest absolute Gasteiger partial charge is 0.378 e. The van der Waals surface area contributed by atoms with Crippen LogP contribution >= 0.6 is 0 Å². The van der Waals surface area contributed by atoms with E-state index in [-0.39, 0.29) is 6.10 Å². The third-order valence-electron chi connectivity index (χ3n) is 2.12. The molecule has 1 unspecified atom stereocenters. The average molecular weight is 183 g/mol. The van der Waals surface area contributed by atoms with Crippen LogP contribution in [0.25, 0.3) is 0 Å². The van der Waals surface area contributed by atoms with Gasteiger partial charge in [0.1, 0.15) is 0 Å². The molecule has 0 aromatic carbocycles. The maximum absolute atomic E-state index is 5.45. The maximum atomic E-state index is 5.45. The third kappa shape index (κ3) is 2.05. The molecule has 13 heavy (non-hydrogen) atoms. The first kappa shape index (κ1) is 8.65. The van der Waals surface area contributed by atoms with Crippen molar-refractivity contribution in [1.82, 2.24) is 10.1 Å². The van der Waals surface area contributed by atoms with E-state index in [0.29, 0.717) is 18.3 Å². The average Bonchev–Trinajstić information content (AvgIpc) is 2.76. The van der Waals surface area contributed by atoms with E-state index in [9.17, 15) is 0 Å². The van der Waals surface area contributed by atoms with Gasteiger partial charge in [-0.25, -0.2) is 0 Å². The second-order valence-corrected chi connectivity index (χ2v) is 3.15. The van der Waals surface area contributed by atoms with Crippen molar-refractivity contribution in [2.45, 2.75) is 31.9 Å². The molecule has 0 aliphatic carbocycles. The fourth-order valence-corrected chi connectivity index (χ4v) is 1.46. The number of ether oxygens (including phenoxy) is 1. The summed E-state index contributed by atoms with van der Waals surface area (Å²) in [6, 6.07) is 0. The lowest BCUT2D eigenvalue weighted by Gasteiger charge is -2.03. The van der Waals surface area contributed by atoms with Crippen LogP contribution in [-0.4, -0.2) is 22.9 Å². The van der Waals surface area contributed by atoms with E-state index in [2.05, 4.69) is 10.1 Å². The van der Waals surface area contributed by atoms with Crippen LogP contribution in [-0.2, 0) is 17.7 Å². The SMILES string of the molecule is NCc1nc(CC2CCCO2)no1. The monoisotopic (exact) mass is 183 g/mol. The van der Waals surface area contributed by atoms with Gasteiger partial charge in [0, 0.05) is 13.0 Å². The summed E-state index contributed by atoms with van der Waals surface area (Å²) >= 11 is 0. The molecule has 1 aromatic heterocycles. The molecule has 0 amide bonds. The molecular weight excluding hydrogens is 170 g/mol. The lowest BCUT2D eigenvalue weighted by atomic mass is 10.2. The minimum Gasteiger partial charge on any atom is -0.378 e. The zero-order chi connectivity index (χ0) is 9.10. The number of aromatic nitrogens is 2. The highest BCUT2D eigenvalue weighted by molar-refractivity contribution is 4.89. The van der Waals surface area contributed by atoms with Gasteiger partial charge in [0.05, 0.1) is 12.6 Å². The lowest BCUT2D eigenvalue weighted by molar-refractivity contribution is 0.109. The van der Waals surface area contributed by atoms with E-state index < -0.39 is 0 Å². The molecule has 0 spiro atoms. The molecule has 1 saturated heterocycles. The van der Waals surface area contributed by atoms with E-state index >= 15 is 0 Å². The molecule has 1 aromatic rings. The second kappa shape index (κ2) is 3.85. The molecule has 5 nitrogen and oxygen atoms in total. The Labute approximate surface area is 76.3 Å². The summed E-state index contributed by atoms with van der Waals surface area (Å²) in [7, 11) is 0. The van der Waals surface area contributed by atoms with Gasteiger partial charge in [-0.05, 0) is 12.8 Å². The summed E-state index contributed by atoms with van der Waals surface area (Å²) in [5.41, 5.74) is 5.34. The summed E-state index contributed by atoms with van der Waals surface area (Å²) in [6.45, 7) is 1.16. The van der Waals surface area contributed by atoms with Gasteiger partial charge in [-0.1, -0.05) is 5.16 Å². The van der Waals surface area contributed by atoms with Crippen LogP contribution in [0.5, 0.6) is 0 Å². The first-order valence-electron chi connectivity index (χ1n) is 4.51. The summed E-state index contributed by atoms with van der Waals surface area (Å²) in [6.07, 6.45) is 3.23. The van der Waals surface area contributed by atoms with Gasteiger partial charge in [0.2, 0.25) is 5.89 Å². The van der Waals surface area contributed by atoms with Crippen LogP contribution in [0.1, 0.15) is 24.6 Å². The Bertz CT molecular complexity index is 268. The topological polar surface area (TPSA) is 74.2 Å². The second-order valence-electron chi connectivity index (χ2n) is 3.15. The molecule has 2 rings (SSSR count). The van der Waals surface area contributed by atoms with Crippen molar-refractivity contribution in [1.29, 1.82) is 0 Å². The number of hydrogen-bond donors (Lipinski definition) is 1. The Morgan fingerprint density at radius 1 is 1.54 bits per heavy atom. The predicted molar refractivity (Wildman–Crippen MR) is 44.9 cm³/mol. The Balaban J connectivity index is 1.92. The predicted octanol–water partition coefficient (Wildman–Crippen LogP) is 0.250. The first-order valence-corrected chi connectivity index (χ1v) is 4.51. The van der Waals surface area contributed by atoms with Gasteiger partial charge < -0.3 is 15.0 Å². The highest BCUT2D eigenvalue weighted by Gasteiger charge is 2.18. The van der Waals surface area contributed by atoms with Crippen molar-refractivity contribution in [2.75, 3.05) is 6.61 Å². The Morgan fingerprint density at radius 2 is 2.46 bits per heavy atom. The van der Waals surface area contributed by atoms with Gasteiger partial charge >= 0.3 is 0 Å². The van der Waals surface area contributed by atoms with E-state index in [1.54, 1.807) is 0 Å². The van der Waals surface area contributed by atoms with Gasteiger partial charge in [-0.15, -0.1) is 0 Å². The molecular formula is C8H13N3O2. The fourth-order valence-electron chi connectivity index (χ4n) is 1.46. The summed E-state index contributed by atoms with van der Waals surface area (Å²) < 4.78 is 10.3. The van der Waals surface area contributed by atoms with Crippen LogP contribution in [0.4, 0.5) is 0 Å². The van der Waals surface area contributed by atoms with Crippen molar-refractivity contribution >= 4 is 0 Å². The quantitative estimate of drug-likeness (QED) is 0.727. The van der Waals surface area contributed by atoms with E-state index in [1.807, 2.05) is 0 Å². The molecule has 1 fully saturated rings. The van der Waals surface area contributed by atoms with Gasteiger partial charge in [-0.3, -0.25) is 0 Å².